The third-order valence-electron chi connectivity index (χ3n) is 5.24. The van der Waals surface area contributed by atoms with Gasteiger partial charge in [0.15, 0.2) is 0 Å². The van der Waals surface area contributed by atoms with Gasteiger partial charge in [-0.1, -0.05) is 32.9 Å². The summed E-state index contributed by atoms with van der Waals surface area (Å²) < 4.78 is 2.12. The number of amides is 1. The highest BCUT2D eigenvalue weighted by atomic mass is 32.1. The lowest BCUT2D eigenvalue weighted by Crippen LogP contribution is -2.25. The topological polar surface area (TPSA) is 72.7 Å². The zero-order chi connectivity index (χ0) is 21.5. The van der Waals surface area contributed by atoms with Gasteiger partial charge in [0.2, 0.25) is 0 Å². The molecule has 6 nitrogen and oxygen atoms in total. The molecule has 0 aliphatic carbocycles. The predicted molar refractivity (Wildman–Crippen MR) is 122 cm³/mol. The van der Waals surface area contributed by atoms with E-state index in [2.05, 4.69) is 41.7 Å². The van der Waals surface area contributed by atoms with E-state index in [0.29, 0.717) is 6.54 Å². The molecule has 156 valence electrons. The summed E-state index contributed by atoms with van der Waals surface area (Å²) in [6.45, 7) is 11.7. The van der Waals surface area contributed by atoms with E-state index in [9.17, 15) is 4.79 Å². The zero-order valence-electron chi connectivity index (χ0n) is 18.1. The molecule has 0 bridgehead atoms. The van der Waals surface area contributed by atoms with Gasteiger partial charge in [-0.25, -0.2) is 15.0 Å². The van der Waals surface area contributed by atoms with Gasteiger partial charge < -0.3 is 9.88 Å². The maximum absolute atomic E-state index is 12.8. The van der Waals surface area contributed by atoms with Gasteiger partial charge in [-0.15, -0.1) is 11.3 Å². The van der Waals surface area contributed by atoms with Crippen LogP contribution in [-0.4, -0.2) is 32.0 Å². The summed E-state index contributed by atoms with van der Waals surface area (Å²) in [5.41, 5.74) is 3.88. The van der Waals surface area contributed by atoms with E-state index in [-0.39, 0.29) is 11.3 Å². The van der Waals surface area contributed by atoms with Gasteiger partial charge in [-0.2, -0.15) is 0 Å². The first kappa shape index (κ1) is 20.5. The molecule has 0 spiro atoms. The van der Waals surface area contributed by atoms with Crippen LogP contribution in [0.25, 0.3) is 21.3 Å². The van der Waals surface area contributed by atoms with Gasteiger partial charge in [-0.05, 0) is 38.0 Å². The minimum atomic E-state index is -0.128. The molecule has 0 radical (unpaired) electrons. The van der Waals surface area contributed by atoms with Gasteiger partial charge in [0.1, 0.15) is 10.7 Å². The summed E-state index contributed by atoms with van der Waals surface area (Å²) in [6, 6.07) is 8.08. The fourth-order valence-corrected chi connectivity index (χ4v) is 4.76. The summed E-state index contributed by atoms with van der Waals surface area (Å²) in [4.78, 5) is 28.3. The molecule has 0 aliphatic heterocycles. The van der Waals surface area contributed by atoms with Crippen molar-refractivity contribution in [1.82, 2.24) is 24.8 Å². The number of nitrogens with one attached hydrogen (secondary N) is 1. The minimum absolute atomic E-state index is 0.0392. The summed E-state index contributed by atoms with van der Waals surface area (Å²) >= 11 is 1.46. The van der Waals surface area contributed by atoms with Crippen molar-refractivity contribution in [2.24, 2.45) is 0 Å². The van der Waals surface area contributed by atoms with Crippen molar-refractivity contribution in [2.75, 3.05) is 6.54 Å². The smallest absolute Gasteiger partial charge is 0.261 e. The summed E-state index contributed by atoms with van der Waals surface area (Å²) in [5.74, 6) is 0.774. The second-order valence-electron chi connectivity index (χ2n) is 8.66. The number of fused-ring (bicyclic) bond motifs is 2. The number of thiophene rings is 1. The average Bonchev–Trinajstić information content (AvgIpc) is 3.26. The van der Waals surface area contributed by atoms with E-state index < -0.39 is 0 Å². The van der Waals surface area contributed by atoms with Crippen molar-refractivity contribution in [3.05, 3.63) is 52.6 Å². The highest BCUT2D eigenvalue weighted by molar-refractivity contribution is 7.20. The number of hydrogen-bond acceptors (Lipinski definition) is 5. The maximum Gasteiger partial charge on any atom is 0.261 e. The summed E-state index contributed by atoms with van der Waals surface area (Å²) in [7, 11) is 0. The van der Waals surface area contributed by atoms with Crippen molar-refractivity contribution >= 4 is 38.5 Å². The molecule has 1 N–H and O–H groups in total. The Morgan fingerprint density at radius 3 is 2.70 bits per heavy atom. The second-order valence-corrected chi connectivity index (χ2v) is 9.65. The third kappa shape index (κ3) is 3.81. The third-order valence-corrected chi connectivity index (χ3v) is 6.42. The largest absolute Gasteiger partial charge is 0.351 e. The van der Waals surface area contributed by atoms with Gasteiger partial charge in [0.05, 0.1) is 27.9 Å². The van der Waals surface area contributed by atoms with Crippen molar-refractivity contribution in [2.45, 2.75) is 53.0 Å². The molecule has 7 heteroatoms. The number of rotatable bonds is 5. The number of aromatic nitrogens is 4. The molecule has 0 unspecified atom stereocenters. The highest BCUT2D eigenvalue weighted by Crippen LogP contribution is 2.33. The summed E-state index contributed by atoms with van der Waals surface area (Å²) in [5, 5.41) is 4.07. The molecule has 4 rings (SSSR count). The quantitative estimate of drug-likeness (QED) is 0.471. The molecule has 0 saturated heterocycles. The number of hydrogen-bond donors (Lipinski definition) is 1. The van der Waals surface area contributed by atoms with Crippen LogP contribution in [0.3, 0.4) is 0 Å². The number of carbonyl (C=O) groups is 1. The fraction of sp³-hybridized carbons (Fsp3) is 0.391. The molecule has 1 aromatic carbocycles. The van der Waals surface area contributed by atoms with Crippen LogP contribution in [0.5, 0.6) is 0 Å². The predicted octanol–water partition coefficient (Wildman–Crippen LogP) is 4.78. The van der Waals surface area contributed by atoms with Crippen LogP contribution >= 0.6 is 11.3 Å². The molecule has 0 saturated carbocycles. The Balaban J connectivity index is 1.45. The van der Waals surface area contributed by atoms with Crippen molar-refractivity contribution in [3.8, 4) is 0 Å². The van der Waals surface area contributed by atoms with Gasteiger partial charge in [-0.3, -0.25) is 4.79 Å². The Hall–Kier alpha value is -2.80. The van der Waals surface area contributed by atoms with Gasteiger partial charge in [0.25, 0.3) is 5.91 Å². The molecule has 0 fully saturated rings. The normalized spacial score (nSPS) is 12.0. The number of nitrogens with zero attached hydrogens (tertiary/aromatic N) is 4. The second kappa shape index (κ2) is 7.80. The van der Waals surface area contributed by atoms with Crippen LogP contribution in [0.2, 0.25) is 0 Å². The van der Waals surface area contributed by atoms with E-state index in [1.54, 1.807) is 0 Å². The van der Waals surface area contributed by atoms with E-state index in [0.717, 1.165) is 56.2 Å². The standard InChI is InChI=1S/C23H27N5OS/c1-14-18-15(2)26-22(23(3,4)5)27-21(18)30-19(14)20(29)24-11-8-12-28-13-25-16-9-6-7-10-17(16)28/h6-7,9-10,13H,8,11-12H2,1-5H3,(H,24,29). The Morgan fingerprint density at radius 2 is 1.93 bits per heavy atom. The van der Waals surface area contributed by atoms with E-state index >= 15 is 0 Å². The molecule has 3 heterocycles. The molecule has 30 heavy (non-hydrogen) atoms. The van der Waals surface area contributed by atoms with Crippen molar-refractivity contribution in [3.63, 3.8) is 0 Å². The lowest BCUT2D eigenvalue weighted by molar-refractivity contribution is 0.0956. The number of carbonyl (C=O) groups excluding carboxylic acids is 1. The van der Waals surface area contributed by atoms with Crippen molar-refractivity contribution < 1.29 is 4.79 Å². The van der Waals surface area contributed by atoms with Crippen LogP contribution in [-0.2, 0) is 12.0 Å². The fourth-order valence-electron chi connectivity index (χ4n) is 3.61. The molecular weight excluding hydrogens is 394 g/mol. The lowest BCUT2D eigenvalue weighted by Gasteiger charge is -2.16. The molecule has 1 amide bonds. The van der Waals surface area contributed by atoms with Gasteiger partial charge >= 0.3 is 0 Å². The van der Waals surface area contributed by atoms with Crippen molar-refractivity contribution in [1.29, 1.82) is 0 Å². The first-order chi connectivity index (χ1) is 14.3. The van der Waals surface area contributed by atoms with E-state index in [1.807, 2.05) is 38.4 Å². The monoisotopic (exact) mass is 421 g/mol. The molecule has 0 atom stereocenters. The molecule has 0 aliphatic rings. The Morgan fingerprint density at radius 1 is 1.17 bits per heavy atom. The number of para-hydroxylation sites is 2. The van der Waals surface area contributed by atoms with E-state index in [1.165, 1.54) is 11.3 Å². The first-order valence-corrected chi connectivity index (χ1v) is 11.0. The zero-order valence-corrected chi connectivity index (χ0v) is 18.9. The van der Waals surface area contributed by atoms with Crippen LogP contribution < -0.4 is 5.32 Å². The van der Waals surface area contributed by atoms with Crippen LogP contribution in [0.1, 0.15) is 53.9 Å². The molecule has 4 aromatic rings. The minimum Gasteiger partial charge on any atom is -0.351 e. The highest BCUT2D eigenvalue weighted by Gasteiger charge is 2.23. The lowest BCUT2D eigenvalue weighted by atomic mass is 9.95. The molecular formula is C23H27N5OS. The first-order valence-electron chi connectivity index (χ1n) is 10.2. The Bertz CT molecular complexity index is 1230. The number of imidazole rings is 1. The van der Waals surface area contributed by atoms with Crippen LogP contribution in [0, 0.1) is 13.8 Å². The SMILES string of the molecule is Cc1nc(C(C)(C)C)nc2sc(C(=O)NCCCn3cnc4ccccc43)c(C)c12. The maximum atomic E-state index is 12.8. The number of benzene rings is 1. The van der Waals surface area contributed by atoms with Crippen LogP contribution in [0.15, 0.2) is 30.6 Å². The average molecular weight is 422 g/mol. The van der Waals surface area contributed by atoms with E-state index in [4.69, 9.17) is 9.97 Å². The summed E-state index contributed by atoms with van der Waals surface area (Å²) in [6.07, 6.45) is 2.69. The number of aryl methyl sites for hydroxylation is 3. The Labute approximate surface area is 180 Å². The van der Waals surface area contributed by atoms with Crippen LogP contribution in [0.4, 0.5) is 0 Å². The van der Waals surface area contributed by atoms with Gasteiger partial charge in [0, 0.05) is 23.9 Å². The molecule has 3 aromatic heterocycles. The Kier molecular flexibility index (Phi) is 5.32.